The van der Waals surface area contributed by atoms with Crippen molar-refractivity contribution in [3.05, 3.63) is 29.8 Å². The normalized spacial score (nSPS) is 18.1. The molecule has 1 aromatic carbocycles. The molecule has 1 aliphatic rings. The van der Waals surface area contributed by atoms with Crippen LogP contribution < -0.4 is 15.8 Å². The van der Waals surface area contributed by atoms with Gasteiger partial charge in [-0.25, -0.2) is 0 Å². The summed E-state index contributed by atoms with van der Waals surface area (Å²) in [5.41, 5.74) is 6.22. The number of amides is 1. The first-order chi connectivity index (χ1) is 9.79. The number of nitrogens with two attached hydrogens (primary N) is 1. The van der Waals surface area contributed by atoms with E-state index in [1.54, 1.807) is 7.05 Å². The molecule has 0 bridgehead atoms. The molecule has 1 unspecified atom stereocenters. The van der Waals surface area contributed by atoms with Crippen LogP contribution in [0.25, 0.3) is 0 Å². The molecule has 0 spiro atoms. The van der Waals surface area contributed by atoms with E-state index in [-0.39, 0.29) is 23.8 Å². The molecule has 0 heterocycles. The Hall–Kier alpha value is -1.55. The average Bonchev–Trinajstić information content (AvgIpc) is 3.24. The van der Waals surface area contributed by atoms with Gasteiger partial charge in [0.2, 0.25) is 5.91 Å². The van der Waals surface area contributed by atoms with Gasteiger partial charge in [-0.1, -0.05) is 32.9 Å². The number of rotatable bonds is 6. The predicted molar refractivity (Wildman–Crippen MR) is 84.3 cm³/mol. The minimum absolute atomic E-state index is 0.120. The number of benzene rings is 1. The molecule has 1 saturated carbocycles. The maximum absolute atomic E-state index is 11.8. The molecule has 21 heavy (non-hydrogen) atoms. The van der Waals surface area contributed by atoms with Gasteiger partial charge in [-0.05, 0) is 48.9 Å². The molecule has 116 valence electrons. The second-order valence-corrected chi connectivity index (χ2v) is 6.92. The Morgan fingerprint density at radius 3 is 2.24 bits per heavy atom. The molecule has 1 aromatic rings. The second kappa shape index (κ2) is 5.68. The third-order valence-corrected chi connectivity index (χ3v) is 4.35. The van der Waals surface area contributed by atoms with Gasteiger partial charge in [0.1, 0.15) is 17.9 Å². The van der Waals surface area contributed by atoms with E-state index in [9.17, 15) is 4.79 Å². The number of carbonyl (C=O) groups is 1. The molecule has 1 aliphatic carbocycles. The standard InChI is InChI=1S/C17H26N2O2/c1-16(2,3)12-7-9-14(10-8-12)21-11-17(19-4,15(18)20)13-5-6-13/h7-10,13,19H,5-6,11H2,1-4H3,(H2,18,20). The van der Waals surface area contributed by atoms with Gasteiger partial charge < -0.3 is 15.8 Å². The van der Waals surface area contributed by atoms with E-state index in [4.69, 9.17) is 10.5 Å². The number of hydrogen-bond acceptors (Lipinski definition) is 3. The zero-order chi connectivity index (χ0) is 15.7. The van der Waals surface area contributed by atoms with E-state index in [2.05, 4.69) is 38.2 Å². The third kappa shape index (κ3) is 3.38. The fourth-order valence-corrected chi connectivity index (χ4v) is 2.61. The fraction of sp³-hybridized carbons (Fsp3) is 0.588. The lowest BCUT2D eigenvalue weighted by molar-refractivity contribution is -0.126. The third-order valence-electron chi connectivity index (χ3n) is 4.35. The topological polar surface area (TPSA) is 64.3 Å². The molecule has 4 heteroatoms. The smallest absolute Gasteiger partial charge is 0.241 e. The number of nitrogens with one attached hydrogen (secondary N) is 1. The lowest BCUT2D eigenvalue weighted by Crippen LogP contribution is -2.59. The predicted octanol–water partition coefficient (Wildman–Crippen LogP) is 2.22. The highest BCUT2D eigenvalue weighted by molar-refractivity contribution is 5.85. The van der Waals surface area contributed by atoms with Gasteiger partial charge in [0.05, 0.1) is 0 Å². The number of carbonyl (C=O) groups excluding carboxylic acids is 1. The summed E-state index contributed by atoms with van der Waals surface area (Å²) in [6.07, 6.45) is 2.05. The first-order valence-electron chi connectivity index (χ1n) is 7.52. The van der Waals surface area contributed by atoms with Crippen molar-refractivity contribution in [1.29, 1.82) is 0 Å². The Balaban J connectivity index is 2.06. The summed E-state index contributed by atoms with van der Waals surface area (Å²) in [6, 6.07) is 8.04. The Bertz CT molecular complexity index is 501. The van der Waals surface area contributed by atoms with Crippen molar-refractivity contribution in [2.45, 2.75) is 44.6 Å². The summed E-state index contributed by atoms with van der Waals surface area (Å²) in [6.45, 7) is 6.80. The number of hydrogen-bond donors (Lipinski definition) is 2. The first-order valence-corrected chi connectivity index (χ1v) is 7.52. The molecule has 0 aliphatic heterocycles. The van der Waals surface area contributed by atoms with Gasteiger partial charge in [0.15, 0.2) is 0 Å². The van der Waals surface area contributed by atoms with Gasteiger partial charge in [-0.15, -0.1) is 0 Å². The quantitative estimate of drug-likeness (QED) is 0.844. The van der Waals surface area contributed by atoms with Crippen LogP contribution in [0, 0.1) is 5.92 Å². The van der Waals surface area contributed by atoms with Gasteiger partial charge >= 0.3 is 0 Å². The zero-order valence-electron chi connectivity index (χ0n) is 13.4. The van der Waals surface area contributed by atoms with Crippen LogP contribution >= 0.6 is 0 Å². The van der Waals surface area contributed by atoms with Gasteiger partial charge in [0.25, 0.3) is 0 Å². The van der Waals surface area contributed by atoms with Crippen molar-refractivity contribution >= 4 is 5.91 Å². The fourth-order valence-electron chi connectivity index (χ4n) is 2.61. The Morgan fingerprint density at radius 2 is 1.86 bits per heavy atom. The van der Waals surface area contributed by atoms with E-state index < -0.39 is 5.54 Å². The number of ether oxygens (including phenoxy) is 1. The van der Waals surface area contributed by atoms with Crippen LogP contribution in [0.4, 0.5) is 0 Å². The van der Waals surface area contributed by atoms with E-state index >= 15 is 0 Å². The van der Waals surface area contributed by atoms with Gasteiger partial charge in [-0.2, -0.15) is 0 Å². The van der Waals surface area contributed by atoms with Crippen molar-refractivity contribution < 1.29 is 9.53 Å². The van der Waals surface area contributed by atoms with Gasteiger partial charge in [-0.3, -0.25) is 4.79 Å². The molecule has 0 saturated heterocycles. The summed E-state index contributed by atoms with van der Waals surface area (Å²) < 4.78 is 5.83. The minimum atomic E-state index is -0.747. The minimum Gasteiger partial charge on any atom is -0.491 e. The highest BCUT2D eigenvalue weighted by Gasteiger charge is 2.49. The summed E-state index contributed by atoms with van der Waals surface area (Å²) in [4.78, 5) is 11.8. The molecule has 0 radical (unpaired) electrons. The Kier molecular flexibility index (Phi) is 4.28. The maximum atomic E-state index is 11.8. The number of primary amides is 1. The number of likely N-dealkylation sites (N-methyl/N-ethyl adjacent to an activating group) is 1. The molecule has 2 rings (SSSR count). The van der Waals surface area contributed by atoms with E-state index in [0.717, 1.165) is 18.6 Å². The molecule has 1 amide bonds. The monoisotopic (exact) mass is 290 g/mol. The lowest BCUT2D eigenvalue weighted by Gasteiger charge is -2.30. The van der Waals surface area contributed by atoms with E-state index in [1.807, 2.05) is 12.1 Å². The largest absolute Gasteiger partial charge is 0.491 e. The average molecular weight is 290 g/mol. The van der Waals surface area contributed by atoms with E-state index in [0.29, 0.717) is 0 Å². The zero-order valence-corrected chi connectivity index (χ0v) is 13.4. The van der Waals surface area contributed by atoms with E-state index in [1.165, 1.54) is 5.56 Å². The van der Waals surface area contributed by atoms with Gasteiger partial charge in [0, 0.05) is 0 Å². The Morgan fingerprint density at radius 1 is 1.29 bits per heavy atom. The van der Waals surface area contributed by atoms with Crippen LogP contribution in [0.5, 0.6) is 5.75 Å². The lowest BCUT2D eigenvalue weighted by atomic mass is 9.87. The first kappa shape index (κ1) is 15.8. The molecule has 4 nitrogen and oxygen atoms in total. The molecular formula is C17H26N2O2. The summed E-state index contributed by atoms with van der Waals surface area (Å²) in [5, 5.41) is 3.08. The highest BCUT2D eigenvalue weighted by Crippen LogP contribution is 2.40. The molecule has 1 atom stereocenters. The molecule has 3 N–H and O–H groups in total. The van der Waals surface area contributed by atoms with Crippen LogP contribution in [0.3, 0.4) is 0 Å². The van der Waals surface area contributed by atoms with Crippen LogP contribution in [0.1, 0.15) is 39.2 Å². The summed E-state index contributed by atoms with van der Waals surface area (Å²) in [5.74, 6) is 0.720. The Labute approximate surface area is 127 Å². The molecular weight excluding hydrogens is 264 g/mol. The van der Waals surface area contributed by atoms with Crippen molar-refractivity contribution in [3.63, 3.8) is 0 Å². The summed E-state index contributed by atoms with van der Waals surface area (Å²) >= 11 is 0. The van der Waals surface area contributed by atoms with Crippen LogP contribution in [0.2, 0.25) is 0 Å². The molecule has 0 aromatic heterocycles. The second-order valence-electron chi connectivity index (χ2n) is 6.92. The SMILES string of the molecule is CNC(COc1ccc(C(C)(C)C)cc1)(C(N)=O)C1CC1. The van der Waals surface area contributed by atoms with Crippen molar-refractivity contribution in [2.75, 3.05) is 13.7 Å². The van der Waals surface area contributed by atoms with Crippen molar-refractivity contribution in [3.8, 4) is 5.75 Å². The van der Waals surface area contributed by atoms with Crippen molar-refractivity contribution in [1.82, 2.24) is 5.32 Å². The van der Waals surface area contributed by atoms with Crippen molar-refractivity contribution in [2.24, 2.45) is 11.7 Å². The highest BCUT2D eigenvalue weighted by atomic mass is 16.5. The van der Waals surface area contributed by atoms with Crippen LogP contribution in [-0.4, -0.2) is 25.1 Å². The maximum Gasteiger partial charge on any atom is 0.241 e. The molecule has 1 fully saturated rings. The van der Waals surface area contributed by atoms with Crippen LogP contribution in [0.15, 0.2) is 24.3 Å². The summed E-state index contributed by atoms with van der Waals surface area (Å²) in [7, 11) is 1.77. The van der Waals surface area contributed by atoms with Crippen LogP contribution in [-0.2, 0) is 10.2 Å².